The van der Waals surface area contributed by atoms with Gasteiger partial charge >= 0.3 is 12.1 Å². The van der Waals surface area contributed by atoms with Gasteiger partial charge in [0.15, 0.2) is 0 Å². The maximum atomic E-state index is 13.3. The molecule has 214 valence electrons. The predicted molar refractivity (Wildman–Crippen MR) is 145 cm³/mol. The van der Waals surface area contributed by atoms with E-state index >= 15 is 0 Å². The molecule has 4 aliphatic rings. The van der Waals surface area contributed by atoms with Gasteiger partial charge in [-0.25, -0.2) is 0 Å². The Hall–Kier alpha value is -3.77. The van der Waals surface area contributed by atoms with E-state index in [1.165, 1.54) is 30.2 Å². The molecule has 2 aliphatic heterocycles. The van der Waals surface area contributed by atoms with Crippen LogP contribution in [-0.4, -0.2) is 60.0 Å². The van der Waals surface area contributed by atoms with E-state index in [0.717, 1.165) is 50.1 Å². The van der Waals surface area contributed by atoms with Crippen LogP contribution in [-0.2, 0) is 32.3 Å². The number of likely N-dealkylation sites (N-methyl/N-ethyl adjacent to an activating group) is 1. The smallest absolute Gasteiger partial charge is 0.416 e. The van der Waals surface area contributed by atoms with Crippen molar-refractivity contribution in [3.63, 3.8) is 0 Å². The minimum absolute atomic E-state index is 0.206. The minimum atomic E-state index is -4.43. The number of halogens is 3. The first kappa shape index (κ1) is 27.4. The van der Waals surface area contributed by atoms with Crippen LogP contribution < -0.4 is 4.74 Å². The fourth-order valence-corrected chi connectivity index (χ4v) is 7.73. The van der Waals surface area contributed by atoms with Crippen molar-refractivity contribution in [2.45, 2.75) is 62.4 Å². The normalized spacial score (nSPS) is 27.5. The molecule has 2 aromatic carbocycles. The highest BCUT2D eigenvalue weighted by molar-refractivity contribution is 5.94. The number of carbonyl (C=O) groups is 2. The zero-order valence-corrected chi connectivity index (χ0v) is 23.0. The lowest BCUT2D eigenvalue weighted by molar-refractivity contribution is -0.139. The van der Waals surface area contributed by atoms with E-state index in [1.54, 1.807) is 11.9 Å². The molecule has 1 saturated carbocycles. The van der Waals surface area contributed by atoms with E-state index in [0.29, 0.717) is 23.8 Å². The molecule has 2 aliphatic carbocycles. The Morgan fingerprint density at radius 3 is 2.66 bits per heavy atom. The lowest BCUT2D eigenvalue weighted by Crippen LogP contribution is -2.69. The second kappa shape index (κ2) is 9.95. The van der Waals surface area contributed by atoms with Gasteiger partial charge in [-0.2, -0.15) is 13.2 Å². The SMILES string of the molecule is C=C(CN1CC[C@]23c4c5cccc4O[C@H]2[C@@H](N(C)C(=O)C#Cc2ccc(C(F)(F)F)cc2)CC[C@H]3[C@H]1C5)OC(C)=O. The first-order chi connectivity index (χ1) is 19.5. The number of rotatable bonds is 4. The summed E-state index contributed by atoms with van der Waals surface area (Å²) >= 11 is 0. The van der Waals surface area contributed by atoms with Crippen molar-refractivity contribution < 1.29 is 32.2 Å². The molecule has 2 fully saturated rings. The topological polar surface area (TPSA) is 59.1 Å². The van der Waals surface area contributed by atoms with Crippen molar-refractivity contribution in [3.05, 3.63) is 77.1 Å². The third kappa shape index (κ3) is 4.58. The Labute approximate surface area is 237 Å². The number of benzene rings is 2. The third-order valence-electron chi connectivity index (χ3n) is 9.31. The number of ether oxygens (including phenoxy) is 2. The Bertz CT molecular complexity index is 1470. The number of alkyl halides is 3. The monoisotopic (exact) mass is 564 g/mol. The van der Waals surface area contributed by atoms with Gasteiger partial charge in [0.05, 0.1) is 18.2 Å². The molecule has 0 aromatic heterocycles. The lowest BCUT2D eigenvalue weighted by atomic mass is 9.51. The fourth-order valence-electron chi connectivity index (χ4n) is 7.73. The molecule has 6 rings (SSSR count). The molecule has 0 radical (unpaired) electrons. The first-order valence-electron chi connectivity index (χ1n) is 13.8. The van der Waals surface area contributed by atoms with Crippen molar-refractivity contribution in [3.8, 4) is 17.6 Å². The lowest BCUT2D eigenvalue weighted by Gasteiger charge is -2.60. The Kier molecular flexibility index (Phi) is 6.65. The van der Waals surface area contributed by atoms with Crippen LogP contribution >= 0.6 is 0 Å². The number of nitrogens with zero attached hydrogens (tertiary/aromatic N) is 2. The summed E-state index contributed by atoms with van der Waals surface area (Å²) in [4.78, 5) is 28.8. The van der Waals surface area contributed by atoms with Crippen molar-refractivity contribution >= 4 is 11.9 Å². The quantitative estimate of drug-likeness (QED) is 0.306. The summed E-state index contributed by atoms with van der Waals surface area (Å²) in [5, 5.41) is 0. The number of esters is 1. The molecule has 2 bridgehead atoms. The van der Waals surface area contributed by atoms with Gasteiger partial charge < -0.3 is 14.4 Å². The molecule has 9 heteroatoms. The van der Waals surface area contributed by atoms with Crippen LogP contribution in [0, 0.1) is 17.8 Å². The number of piperidine rings is 1. The van der Waals surface area contributed by atoms with Crippen molar-refractivity contribution in [1.29, 1.82) is 0 Å². The van der Waals surface area contributed by atoms with Crippen LogP contribution in [0.25, 0.3) is 0 Å². The zero-order chi connectivity index (χ0) is 29.1. The molecule has 1 spiro atoms. The average Bonchev–Trinajstić information content (AvgIpc) is 3.26. The Morgan fingerprint density at radius 1 is 1.20 bits per heavy atom. The van der Waals surface area contributed by atoms with Crippen LogP contribution in [0.15, 0.2) is 54.8 Å². The molecule has 1 saturated heterocycles. The maximum Gasteiger partial charge on any atom is 0.416 e. The summed E-state index contributed by atoms with van der Waals surface area (Å²) in [6, 6.07) is 10.7. The summed E-state index contributed by atoms with van der Waals surface area (Å²) in [5.74, 6) is 6.22. The summed E-state index contributed by atoms with van der Waals surface area (Å²) in [6.45, 7) is 6.61. The van der Waals surface area contributed by atoms with E-state index in [-0.39, 0.29) is 29.6 Å². The number of amides is 1. The molecule has 41 heavy (non-hydrogen) atoms. The standard InChI is InChI=1S/C32H31F3N2O4/c1-19(40-20(2)38)18-37-16-15-31-24-12-13-25(30(31)41-27-6-4-5-22(29(27)31)17-26(24)37)36(3)28(39)14-9-21-7-10-23(11-8-21)32(33,34)35/h4-8,10-11,24-26,30H,1,12-13,15-18H2,2-3H3/t24-,25-,26+,30-,31-/m0/s1. The van der Waals surface area contributed by atoms with Gasteiger partial charge in [0.1, 0.15) is 17.6 Å². The number of carbonyl (C=O) groups excluding carboxylic acids is 2. The second-order valence-corrected chi connectivity index (χ2v) is 11.5. The van der Waals surface area contributed by atoms with Crippen LogP contribution in [0.3, 0.4) is 0 Å². The molecular formula is C32H31F3N2O4. The van der Waals surface area contributed by atoms with Gasteiger partial charge in [0.2, 0.25) is 0 Å². The van der Waals surface area contributed by atoms with E-state index < -0.39 is 17.6 Å². The van der Waals surface area contributed by atoms with E-state index in [9.17, 15) is 22.8 Å². The molecule has 0 N–H and O–H groups in total. The van der Waals surface area contributed by atoms with E-state index in [1.807, 2.05) is 12.1 Å². The van der Waals surface area contributed by atoms with Gasteiger partial charge in [0, 0.05) is 42.5 Å². The summed E-state index contributed by atoms with van der Waals surface area (Å²) in [6.07, 6.45) is -1.32. The van der Waals surface area contributed by atoms with Crippen molar-refractivity contribution in [2.75, 3.05) is 20.1 Å². The van der Waals surface area contributed by atoms with Crippen LogP contribution in [0.2, 0.25) is 0 Å². The molecule has 1 amide bonds. The van der Waals surface area contributed by atoms with Crippen LogP contribution in [0.4, 0.5) is 13.2 Å². The van der Waals surface area contributed by atoms with Gasteiger partial charge in [-0.05, 0) is 74.0 Å². The van der Waals surface area contributed by atoms with Gasteiger partial charge in [-0.3, -0.25) is 14.5 Å². The van der Waals surface area contributed by atoms with Gasteiger partial charge in [0.25, 0.3) is 5.91 Å². The van der Waals surface area contributed by atoms with Crippen molar-refractivity contribution in [2.24, 2.45) is 5.92 Å². The highest BCUT2D eigenvalue weighted by atomic mass is 19.4. The molecule has 5 atom stereocenters. The van der Waals surface area contributed by atoms with E-state index in [2.05, 4.69) is 29.4 Å². The summed E-state index contributed by atoms with van der Waals surface area (Å²) in [5.41, 5.74) is 1.87. The van der Waals surface area contributed by atoms with Gasteiger partial charge in [-0.15, -0.1) is 0 Å². The van der Waals surface area contributed by atoms with Crippen molar-refractivity contribution in [1.82, 2.24) is 9.80 Å². The van der Waals surface area contributed by atoms with Crippen LogP contribution in [0.5, 0.6) is 5.75 Å². The zero-order valence-electron chi connectivity index (χ0n) is 23.0. The average molecular weight is 565 g/mol. The predicted octanol–water partition coefficient (Wildman–Crippen LogP) is 4.70. The Morgan fingerprint density at radius 2 is 1.95 bits per heavy atom. The Balaban J connectivity index is 1.26. The summed E-state index contributed by atoms with van der Waals surface area (Å²) in [7, 11) is 1.73. The minimum Gasteiger partial charge on any atom is -0.487 e. The second-order valence-electron chi connectivity index (χ2n) is 11.5. The largest absolute Gasteiger partial charge is 0.487 e. The first-order valence-corrected chi connectivity index (χ1v) is 13.8. The third-order valence-corrected chi connectivity index (χ3v) is 9.31. The molecule has 2 aromatic rings. The fraction of sp³-hybridized carbons (Fsp3) is 0.438. The molecular weight excluding hydrogens is 533 g/mol. The molecule has 0 unspecified atom stereocenters. The number of hydrogen-bond donors (Lipinski definition) is 0. The molecule has 2 heterocycles. The van der Waals surface area contributed by atoms with Crippen LogP contribution in [0.1, 0.15) is 48.4 Å². The van der Waals surface area contributed by atoms with E-state index in [4.69, 9.17) is 9.47 Å². The maximum absolute atomic E-state index is 13.3. The number of likely N-dealkylation sites (tertiary alicyclic amines) is 1. The number of hydrogen-bond acceptors (Lipinski definition) is 5. The summed E-state index contributed by atoms with van der Waals surface area (Å²) < 4.78 is 50.6. The molecule has 6 nitrogen and oxygen atoms in total. The highest BCUT2D eigenvalue weighted by Gasteiger charge is 2.66. The highest BCUT2D eigenvalue weighted by Crippen LogP contribution is 2.62. The van der Waals surface area contributed by atoms with Gasteiger partial charge in [-0.1, -0.05) is 24.6 Å².